The second kappa shape index (κ2) is 9.43. The Morgan fingerprint density at radius 1 is 1.14 bits per heavy atom. The summed E-state index contributed by atoms with van der Waals surface area (Å²) in [7, 11) is -3.62. The molecule has 5 nitrogen and oxygen atoms in total. The number of aryl methyl sites for hydroxylation is 3. The molecule has 0 heterocycles. The van der Waals surface area contributed by atoms with Crippen LogP contribution in [0.15, 0.2) is 42.5 Å². The highest BCUT2D eigenvalue weighted by molar-refractivity contribution is 7.92. The molecular formula is C21H27ClN2O3S. The van der Waals surface area contributed by atoms with Gasteiger partial charge in [-0.25, -0.2) is 8.42 Å². The fourth-order valence-electron chi connectivity index (χ4n) is 3.01. The zero-order valence-electron chi connectivity index (χ0n) is 16.7. The Morgan fingerprint density at radius 2 is 1.82 bits per heavy atom. The first-order valence-corrected chi connectivity index (χ1v) is 11.4. The standard InChI is InChI=1S/C21H27ClN2O3S/c1-15-11-12-19(14-16(15)2)24(28(4,26)27)17(3)21(25)23-13-7-9-18-8-5-6-10-20(18)22/h5-6,8,10-12,14,17H,7,9,13H2,1-4H3,(H,23,25)/t17-/m0/s1. The van der Waals surface area contributed by atoms with E-state index in [1.165, 1.54) is 4.31 Å². The largest absolute Gasteiger partial charge is 0.354 e. The minimum Gasteiger partial charge on any atom is -0.354 e. The first-order valence-electron chi connectivity index (χ1n) is 9.19. The van der Waals surface area contributed by atoms with Crippen LogP contribution in [0.5, 0.6) is 0 Å². The van der Waals surface area contributed by atoms with Crippen LogP contribution in [0.3, 0.4) is 0 Å². The molecule has 2 aromatic carbocycles. The molecular weight excluding hydrogens is 396 g/mol. The summed E-state index contributed by atoms with van der Waals surface area (Å²) in [6.07, 6.45) is 2.56. The SMILES string of the molecule is Cc1ccc(N([C@@H](C)C(=O)NCCCc2ccccc2Cl)S(C)(=O)=O)cc1C. The highest BCUT2D eigenvalue weighted by Crippen LogP contribution is 2.23. The predicted molar refractivity (Wildman–Crippen MR) is 115 cm³/mol. The topological polar surface area (TPSA) is 66.5 Å². The van der Waals surface area contributed by atoms with Gasteiger partial charge in [0.1, 0.15) is 6.04 Å². The zero-order chi connectivity index (χ0) is 20.9. The van der Waals surface area contributed by atoms with Crippen LogP contribution in [0.25, 0.3) is 0 Å². The lowest BCUT2D eigenvalue weighted by molar-refractivity contribution is -0.121. The number of rotatable bonds is 8. The number of carbonyl (C=O) groups is 1. The lowest BCUT2D eigenvalue weighted by Crippen LogP contribution is -2.48. The molecule has 28 heavy (non-hydrogen) atoms. The van der Waals surface area contributed by atoms with E-state index in [1.54, 1.807) is 19.1 Å². The summed E-state index contributed by atoms with van der Waals surface area (Å²) in [6.45, 7) is 5.91. The molecule has 1 atom stereocenters. The molecule has 7 heteroatoms. The van der Waals surface area contributed by atoms with Crippen LogP contribution in [-0.2, 0) is 21.2 Å². The van der Waals surface area contributed by atoms with Crippen LogP contribution < -0.4 is 9.62 Å². The van der Waals surface area contributed by atoms with E-state index in [0.29, 0.717) is 23.7 Å². The van der Waals surface area contributed by atoms with Crippen molar-refractivity contribution in [2.75, 3.05) is 17.1 Å². The molecule has 2 aromatic rings. The second-order valence-corrected chi connectivity index (χ2v) is 9.26. The van der Waals surface area contributed by atoms with Gasteiger partial charge < -0.3 is 5.32 Å². The minimum atomic E-state index is -3.62. The number of sulfonamides is 1. The van der Waals surface area contributed by atoms with Gasteiger partial charge in [-0.2, -0.15) is 0 Å². The van der Waals surface area contributed by atoms with Crippen molar-refractivity contribution in [1.29, 1.82) is 0 Å². The van der Waals surface area contributed by atoms with Gasteiger partial charge in [-0.15, -0.1) is 0 Å². The fraction of sp³-hybridized carbons (Fsp3) is 0.381. The summed E-state index contributed by atoms with van der Waals surface area (Å²) in [5.74, 6) is -0.331. The monoisotopic (exact) mass is 422 g/mol. The summed E-state index contributed by atoms with van der Waals surface area (Å²) in [6, 6.07) is 12.1. The van der Waals surface area contributed by atoms with Crippen LogP contribution >= 0.6 is 11.6 Å². The maximum absolute atomic E-state index is 12.6. The smallest absolute Gasteiger partial charge is 0.243 e. The molecule has 0 aliphatic rings. The van der Waals surface area contributed by atoms with Crippen molar-refractivity contribution in [2.45, 2.75) is 39.7 Å². The van der Waals surface area contributed by atoms with Crippen molar-refractivity contribution >= 4 is 33.2 Å². The highest BCUT2D eigenvalue weighted by Gasteiger charge is 2.29. The number of benzene rings is 2. The first kappa shape index (κ1) is 22.2. The van der Waals surface area contributed by atoms with Gasteiger partial charge >= 0.3 is 0 Å². The number of carbonyl (C=O) groups excluding carboxylic acids is 1. The molecule has 0 radical (unpaired) electrons. The maximum Gasteiger partial charge on any atom is 0.243 e. The summed E-state index contributed by atoms with van der Waals surface area (Å²) in [4.78, 5) is 12.6. The number of hydrogen-bond donors (Lipinski definition) is 1. The molecule has 0 fully saturated rings. The fourth-order valence-corrected chi connectivity index (χ4v) is 4.41. The lowest BCUT2D eigenvalue weighted by atomic mass is 10.1. The minimum absolute atomic E-state index is 0.331. The summed E-state index contributed by atoms with van der Waals surface area (Å²) < 4.78 is 25.9. The quantitative estimate of drug-likeness (QED) is 0.657. The van der Waals surface area contributed by atoms with Gasteiger partial charge in [0.05, 0.1) is 11.9 Å². The number of anilines is 1. The highest BCUT2D eigenvalue weighted by atomic mass is 35.5. The molecule has 0 unspecified atom stereocenters. The number of amides is 1. The van der Waals surface area contributed by atoms with E-state index in [4.69, 9.17) is 11.6 Å². The Kier molecular flexibility index (Phi) is 7.49. The lowest BCUT2D eigenvalue weighted by Gasteiger charge is -2.28. The normalized spacial score (nSPS) is 12.5. The van der Waals surface area contributed by atoms with Crippen LogP contribution in [0, 0.1) is 13.8 Å². The molecule has 0 aromatic heterocycles. The molecule has 0 saturated carbocycles. The van der Waals surface area contributed by atoms with Gasteiger partial charge in [-0.3, -0.25) is 9.10 Å². The van der Waals surface area contributed by atoms with Crippen molar-refractivity contribution in [3.05, 3.63) is 64.2 Å². The molecule has 2 rings (SSSR count). The average molecular weight is 423 g/mol. The average Bonchev–Trinajstić information content (AvgIpc) is 2.62. The van der Waals surface area contributed by atoms with E-state index in [-0.39, 0.29) is 5.91 Å². The third-order valence-corrected chi connectivity index (χ3v) is 6.32. The Bertz CT molecular complexity index is 944. The van der Waals surface area contributed by atoms with Gasteiger partial charge in [0.2, 0.25) is 15.9 Å². The molecule has 152 valence electrons. The van der Waals surface area contributed by atoms with Crippen molar-refractivity contribution in [3.63, 3.8) is 0 Å². The van der Waals surface area contributed by atoms with Gasteiger partial charge in [0.15, 0.2) is 0 Å². The number of nitrogens with one attached hydrogen (secondary N) is 1. The van der Waals surface area contributed by atoms with E-state index in [0.717, 1.165) is 29.4 Å². The van der Waals surface area contributed by atoms with E-state index in [9.17, 15) is 13.2 Å². The van der Waals surface area contributed by atoms with Gasteiger partial charge in [-0.05, 0) is 68.5 Å². The Hall–Kier alpha value is -2.05. The first-order chi connectivity index (χ1) is 13.1. The van der Waals surface area contributed by atoms with E-state index < -0.39 is 16.1 Å². The van der Waals surface area contributed by atoms with Crippen molar-refractivity contribution in [1.82, 2.24) is 5.32 Å². The molecule has 1 N–H and O–H groups in total. The van der Waals surface area contributed by atoms with Crippen LogP contribution in [0.1, 0.15) is 30.0 Å². The zero-order valence-corrected chi connectivity index (χ0v) is 18.3. The van der Waals surface area contributed by atoms with E-state index >= 15 is 0 Å². The second-order valence-electron chi connectivity index (χ2n) is 6.99. The van der Waals surface area contributed by atoms with Crippen molar-refractivity contribution < 1.29 is 13.2 Å². The number of hydrogen-bond acceptors (Lipinski definition) is 3. The Labute approximate surface area is 172 Å². The summed E-state index contributed by atoms with van der Waals surface area (Å²) in [5, 5.41) is 3.54. The number of nitrogens with zero attached hydrogens (tertiary/aromatic N) is 1. The summed E-state index contributed by atoms with van der Waals surface area (Å²) in [5.41, 5.74) is 3.55. The molecule has 0 saturated heterocycles. The molecule has 0 bridgehead atoms. The summed E-state index contributed by atoms with van der Waals surface area (Å²) >= 11 is 6.14. The van der Waals surface area contributed by atoms with Gasteiger partial charge in [0.25, 0.3) is 0 Å². The van der Waals surface area contributed by atoms with Crippen molar-refractivity contribution in [3.8, 4) is 0 Å². The van der Waals surface area contributed by atoms with Crippen LogP contribution in [0.4, 0.5) is 5.69 Å². The third kappa shape index (κ3) is 5.72. The van der Waals surface area contributed by atoms with Crippen LogP contribution in [0.2, 0.25) is 5.02 Å². The Balaban J connectivity index is 2.03. The molecule has 0 spiro atoms. The van der Waals surface area contributed by atoms with E-state index in [2.05, 4.69) is 5.32 Å². The van der Waals surface area contributed by atoms with Crippen LogP contribution in [-0.4, -0.2) is 33.2 Å². The molecule has 0 aliphatic carbocycles. The Morgan fingerprint density at radius 3 is 2.43 bits per heavy atom. The maximum atomic E-state index is 12.6. The van der Waals surface area contributed by atoms with Gasteiger partial charge in [0, 0.05) is 11.6 Å². The third-order valence-electron chi connectivity index (χ3n) is 4.71. The van der Waals surface area contributed by atoms with E-state index in [1.807, 2.05) is 44.2 Å². The number of halogens is 1. The molecule has 0 aliphatic heterocycles. The van der Waals surface area contributed by atoms with Crippen molar-refractivity contribution in [2.24, 2.45) is 0 Å². The predicted octanol–water partition coefficient (Wildman–Crippen LogP) is 3.86. The van der Waals surface area contributed by atoms with Gasteiger partial charge in [-0.1, -0.05) is 35.9 Å². The molecule has 1 amide bonds.